The van der Waals surface area contributed by atoms with Gasteiger partial charge in [0.05, 0.1) is 17.9 Å². The molecule has 0 fully saturated rings. The van der Waals surface area contributed by atoms with Crippen molar-refractivity contribution in [2.75, 3.05) is 0 Å². The molecule has 5 nitrogen and oxygen atoms in total. The lowest BCUT2D eigenvalue weighted by Gasteiger charge is -2.10. The Labute approximate surface area is 176 Å². The monoisotopic (exact) mass is 429 g/mol. The van der Waals surface area contributed by atoms with Crippen LogP contribution >= 0.6 is 0 Å². The summed E-state index contributed by atoms with van der Waals surface area (Å²) < 4.78 is 49.4. The zero-order valence-corrected chi connectivity index (χ0v) is 16.4. The van der Waals surface area contributed by atoms with Gasteiger partial charge in [0.25, 0.3) is 0 Å². The molecule has 0 aliphatic carbocycles. The van der Waals surface area contributed by atoms with Gasteiger partial charge in [0, 0.05) is 5.56 Å². The van der Waals surface area contributed by atoms with Crippen LogP contribution in [0.4, 0.5) is 13.2 Å². The second kappa shape index (κ2) is 8.96. The van der Waals surface area contributed by atoms with E-state index in [0.29, 0.717) is 28.3 Å². The van der Waals surface area contributed by atoms with E-state index in [1.165, 1.54) is 12.1 Å². The lowest BCUT2D eigenvalue weighted by molar-refractivity contribution is -0.138. The third-order valence-electron chi connectivity index (χ3n) is 4.59. The number of benzene rings is 2. The highest BCUT2D eigenvalue weighted by Crippen LogP contribution is 2.31. The Morgan fingerprint density at radius 3 is 2.39 bits per heavy atom. The average molecular weight is 429 g/mol. The minimum atomic E-state index is -4.41. The van der Waals surface area contributed by atoms with Crippen LogP contribution in [-0.2, 0) is 17.6 Å². The van der Waals surface area contributed by atoms with Crippen molar-refractivity contribution in [2.24, 2.45) is 0 Å². The number of hydrogen-bond donors (Lipinski definition) is 1. The van der Waals surface area contributed by atoms with E-state index in [-0.39, 0.29) is 18.9 Å². The summed E-state index contributed by atoms with van der Waals surface area (Å²) in [6.07, 6.45) is 0.829. The minimum absolute atomic E-state index is 0.0863. The molecule has 8 heteroatoms. The van der Waals surface area contributed by atoms with Crippen molar-refractivity contribution >= 4 is 5.97 Å². The predicted molar refractivity (Wildman–Crippen MR) is 106 cm³/mol. The van der Waals surface area contributed by atoms with E-state index in [1.54, 1.807) is 31.2 Å². The number of hydrogen-bond acceptors (Lipinski definition) is 4. The molecule has 31 heavy (non-hydrogen) atoms. The normalized spacial score (nSPS) is 12.2. The summed E-state index contributed by atoms with van der Waals surface area (Å²) in [5.74, 6) is 2.16. The molecule has 3 aromatic rings. The topological polar surface area (TPSA) is 72.6 Å². The third-order valence-corrected chi connectivity index (χ3v) is 4.59. The number of aromatic nitrogens is 1. The summed E-state index contributed by atoms with van der Waals surface area (Å²) >= 11 is 0. The zero-order valence-electron chi connectivity index (χ0n) is 16.4. The second-order valence-electron chi connectivity index (χ2n) is 6.77. The maximum absolute atomic E-state index is 12.7. The molecule has 0 spiro atoms. The highest BCUT2D eigenvalue weighted by atomic mass is 19.4. The molecule has 1 heterocycles. The van der Waals surface area contributed by atoms with Gasteiger partial charge in [-0.1, -0.05) is 18.1 Å². The van der Waals surface area contributed by atoms with Crippen LogP contribution in [0.3, 0.4) is 0 Å². The molecule has 0 aliphatic heterocycles. The van der Waals surface area contributed by atoms with Gasteiger partial charge in [-0.05, 0) is 48.9 Å². The van der Waals surface area contributed by atoms with Crippen molar-refractivity contribution in [1.82, 2.24) is 4.98 Å². The molecular formula is C23H18F3NO4. The Hall–Kier alpha value is -3.73. The Morgan fingerprint density at radius 1 is 1.19 bits per heavy atom. The fraction of sp³-hybridized carbons (Fsp3) is 0.217. The SMILES string of the molecule is C#C[C@H](CC(=O)O)c1ccc(OCc2nc(-c3ccc(C(F)(F)F)cc3)oc2C)cc1. The molecule has 0 amide bonds. The van der Waals surface area contributed by atoms with Gasteiger partial charge in [0.15, 0.2) is 0 Å². The first-order chi connectivity index (χ1) is 14.7. The largest absolute Gasteiger partial charge is 0.487 e. The third kappa shape index (κ3) is 5.45. The van der Waals surface area contributed by atoms with Gasteiger partial charge in [0.2, 0.25) is 5.89 Å². The number of rotatable bonds is 7. The predicted octanol–water partition coefficient (Wildman–Crippen LogP) is 5.44. The molecule has 1 N–H and O–H groups in total. The molecule has 0 bridgehead atoms. The smallest absolute Gasteiger partial charge is 0.416 e. The summed E-state index contributed by atoms with van der Waals surface area (Å²) in [6, 6.07) is 11.3. The van der Waals surface area contributed by atoms with Crippen molar-refractivity contribution < 1.29 is 32.2 Å². The molecule has 1 aromatic heterocycles. The van der Waals surface area contributed by atoms with Crippen LogP contribution in [0.5, 0.6) is 5.75 Å². The van der Waals surface area contributed by atoms with E-state index in [0.717, 1.165) is 12.1 Å². The van der Waals surface area contributed by atoms with E-state index in [9.17, 15) is 18.0 Å². The number of aryl methyl sites for hydroxylation is 1. The Balaban J connectivity index is 1.67. The highest BCUT2D eigenvalue weighted by Gasteiger charge is 2.30. The molecule has 3 rings (SSSR count). The van der Waals surface area contributed by atoms with Gasteiger partial charge in [-0.15, -0.1) is 6.42 Å². The van der Waals surface area contributed by atoms with Gasteiger partial charge in [-0.3, -0.25) is 4.79 Å². The lowest BCUT2D eigenvalue weighted by atomic mass is 9.97. The van der Waals surface area contributed by atoms with Gasteiger partial charge in [-0.2, -0.15) is 13.2 Å². The van der Waals surface area contributed by atoms with Crippen molar-refractivity contribution in [3.63, 3.8) is 0 Å². The van der Waals surface area contributed by atoms with Crippen molar-refractivity contribution in [2.45, 2.75) is 32.0 Å². The minimum Gasteiger partial charge on any atom is -0.487 e. The van der Waals surface area contributed by atoms with Crippen LogP contribution < -0.4 is 4.74 Å². The molecule has 0 unspecified atom stereocenters. The first kappa shape index (κ1) is 22.0. The fourth-order valence-electron chi connectivity index (χ4n) is 2.88. The zero-order chi connectivity index (χ0) is 22.6. The second-order valence-corrected chi connectivity index (χ2v) is 6.77. The number of carbonyl (C=O) groups is 1. The summed E-state index contributed by atoms with van der Waals surface area (Å²) in [4.78, 5) is 15.2. The molecule has 1 atom stereocenters. The number of terminal acetylenes is 1. The number of oxazole rings is 1. The fourth-order valence-corrected chi connectivity index (χ4v) is 2.88. The maximum Gasteiger partial charge on any atom is 0.416 e. The number of carboxylic acid groups (broad SMARTS) is 1. The van der Waals surface area contributed by atoms with Gasteiger partial charge < -0.3 is 14.3 Å². The number of alkyl halides is 3. The maximum atomic E-state index is 12.7. The Kier molecular flexibility index (Phi) is 6.35. The number of aliphatic carboxylic acids is 1. The average Bonchev–Trinajstić information content (AvgIpc) is 3.11. The van der Waals surface area contributed by atoms with E-state index >= 15 is 0 Å². The molecule has 0 saturated carbocycles. The Morgan fingerprint density at radius 2 is 1.84 bits per heavy atom. The van der Waals surface area contributed by atoms with Crippen molar-refractivity contribution in [3.8, 4) is 29.5 Å². The van der Waals surface area contributed by atoms with Crippen molar-refractivity contribution in [1.29, 1.82) is 0 Å². The molecule has 160 valence electrons. The van der Waals surface area contributed by atoms with E-state index in [2.05, 4.69) is 10.9 Å². The van der Waals surface area contributed by atoms with Crippen LogP contribution in [0.2, 0.25) is 0 Å². The number of carboxylic acids is 1. The van der Waals surface area contributed by atoms with E-state index in [4.69, 9.17) is 20.7 Å². The van der Waals surface area contributed by atoms with Gasteiger partial charge in [0.1, 0.15) is 23.8 Å². The summed E-state index contributed by atoms with van der Waals surface area (Å²) in [6.45, 7) is 1.77. The molecular weight excluding hydrogens is 411 g/mol. The summed E-state index contributed by atoms with van der Waals surface area (Å²) in [5, 5.41) is 8.91. The van der Waals surface area contributed by atoms with E-state index in [1.807, 2.05) is 0 Å². The van der Waals surface area contributed by atoms with Crippen molar-refractivity contribution in [3.05, 3.63) is 71.1 Å². The number of nitrogens with zero attached hydrogens (tertiary/aromatic N) is 1. The summed E-state index contributed by atoms with van der Waals surface area (Å²) in [7, 11) is 0. The molecule has 2 aromatic carbocycles. The highest BCUT2D eigenvalue weighted by molar-refractivity contribution is 5.69. The molecule has 0 radical (unpaired) electrons. The lowest BCUT2D eigenvalue weighted by Crippen LogP contribution is -2.04. The van der Waals surface area contributed by atoms with Crippen LogP contribution in [0, 0.1) is 19.3 Å². The quantitative estimate of drug-likeness (QED) is 0.507. The van der Waals surface area contributed by atoms with Crippen LogP contribution in [0.15, 0.2) is 52.9 Å². The Bertz CT molecular complexity index is 1090. The van der Waals surface area contributed by atoms with Gasteiger partial charge in [-0.25, -0.2) is 4.98 Å². The van der Waals surface area contributed by atoms with Gasteiger partial charge >= 0.3 is 12.1 Å². The first-order valence-corrected chi connectivity index (χ1v) is 9.22. The number of halogens is 3. The number of ether oxygens (including phenoxy) is 1. The van der Waals surface area contributed by atoms with Crippen LogP contribution in [-0.4, -0.2) is 16.1 Å². The molecule has 0 saturated heterocycles. The first-order valence-electron chi connectivity index (χ1n) is 9.22. The molecule has 0 aliphatic rings. The standard InChI is InChI=1S/C23H18F3NO4/c1-3-15(12-21(28)29)16-6-10-19(11-7-16)30-13-20-14(2)31-22(27-20)17-4-8-18(9-5-17)23(24,25)26/h1,4-11,15H,12-13H2,2H3,(H,28,29)/t15-/m1/s1. The van der Waals surface area contributed by atoms with Crippen LogP contribution in [0.1, 0.15) is 34.9 Å². The van der Waals surface area contributed by atoms with E-state index < -0.39 is 23.6 Å². The van der Waals surface area contributed by atoms with Crippen LogP contribution in [0.25, 0.3) is 11.5 Å². The summed E-state index contributed by atoms with van der Waals surface area (Å²) in [5.41, 5.74) is 0.873.